The average molecular weight is 356 g/mol. The van der Waals surface area contributed by atoms with Crippen molar-refractivity contribution in [3.63, 3.8) is 0 Å². The summed E-state index contributed by atoms with van der Waals surface area (Å²) in [5, 5.41) is 2.98. The molecule has 6 heteroatoms. The molecule has 1 heterocycles. The van der Waals surface area contributed by atoms with Crippen molar-refractivity contribution in [1.82, 2.24) is 0 Å². The largest absolute Gasteiger partial charge is 0.375 e. The maximum atomic E-state index is 13.8. The monoisotopic (exact) mass is 355 g/mol. The van der Waals surface area contributed by atoms with Gasteiger partial charge >= 0.3 is 0 Å². The summed E-state index contributed by atoms with van der Waals surface area (Å²) < 4.78 is 38.6. The van der Waals surface area contributed by atoms with Crippen molar-refractivity contribution < 1.29 is 12.8 Å². The van der Waals surface area contributed by atoms with Crippen LogP contribution in [-0.2, 0) is 9.84 Å². The first-order chi connectivity index (χ1) is 9.47. The first kappa shape index (κ1) is 13.6. The molecule has 1 aliphatic rings. The number of halogens is 2. The summed E-state index contributed by atoms with van der Waals surface area (Å²) in [4.78, 5) is 0.327. The van der Waals surface area contributed by atoms with Crippen LogP contribution < -0.4 is 5.32 Å². The van der Waals surface area contributed by atoms with Gasteiger partial charge in [0.25, 0.3) is 0 Å². The van der Waals surface area contributed by atoms with E-state index in [1.165, 1.54) is 6.07 Å². The Kier molecular flexibility index (Phi) is 3.30. The molecular weight excluding hydrogens is 345 g/mol. The second-order valence-corrected chi connectivity index (χ2v) is 7.56. The molecule has 2 aromatic carbocycles. The minimum Gasteiger partial charge on any atom is -0.375 e. The number of sulfone groups is 1. The van der Waals surface area contributed by atoms with E-state index in [4.69, 9.17) is 0 Å². The molecule has 3 nitrogen and oxygen atoms in total. The molecular formula is C14H11BrFNO2S. The third kappa shape index (κ3) is 2.33. The van der Waals surface area contributed by atoms with Crippen LogP contribution in [-0.4, -0.2) is 14.2 Å². The standard InChI is InChI=1S/C14H11BrFNO2S/c15-9-5-6-11(16)12(7-9)17-13-8-20(18,19)14-4-2-1-3-10(13)14/h1-7,13,17H,8H2. The predicted molar refractivity (Wildman–Crippen MR) is 79.0 cm³/mol. The van der Waals surface area contributed by atoms with E-state index in [1.807, 2.05) is 0 Å². The Bertz CT molecular complexity index is 776. The van der Waals surface area contributed by atoms with Crippen LogP contribution in [0.2, 0.25) is 0 Å². The highest BCUT2D eigenvalue weighted by Crippen LogP contribution is 2.36. The number of rotatable bonds is 2. The number of nitrogens with one attached hydrogen (secondary N) is 1. The Morgan fingerprint density at radius 3 is 2.75 bits per heavy atom. The molecule has 0 saturated heterocycles. The Labute approximate surface area is 124 Å². The summed E-state index contributed by atoms with van der Waals surface area (Å²) in [5.74, 6) is -0.465. The molecule has 0 fully saturated rings. The van der Waals surface area contributed by atoms with Crippen LogP contribution in [0.15, 0.2) is 51.8 Å². The molecule has 1 N–H and O–H groups in total. The lowest BCUT2D eigenvalue weighted by Gasteiger charge is -2.15. The number of hydrogen-bond donors (Lipinski definition) is 1. The lowest BCUT2D eigenvalue weighted by molar-refractivity contribution is 0.598. The van der Waals surface area contributed by atoms with Crippen molar-refractivity contribution in [3.8, 4) is 0 Å². The number of fused-ring (bicyclic) bond motifs is 1. The van der Waals surface area contributed by atoms with Gasteiger partial charge in [-0.1, -0.05) is 34.1 Å². The van der Waals surface area contributed by atoms with E-state index in [2.05, 4.69) is 21.2 Å². The summed E-state index contributed by atoms with van der Waals surface area (Å²) in [6, 6.07) is 10.9. The first-order valence-corrected chi connectivity index (χ1v) is 8.45. The Hall–Kier alpha value is -1.40. The molecule has 0 radical (unpaired) electrons. The second-order valence-electron chi connectivity index (χ2n) is 4.64. The van der Waals surface area contributed by atoms with Gasteiger partial charge in [-0.15, -0.1) is 0 Å². The van der Waals surface area contributed by atoms with Gasteiger partial charge in [0.05, 0.1) is 22.4 Å². The molecule has 0 aromatic heterocycles. The van der Waals surface area contributed by atoms with Crippen LogP contribution in [0.4, 0.5) is 10.1 Å². The number of hydrogen-bond acceptors (Lipinski definition) is 3. The Balaban J connectivity index is 2.00. The zero-order chi connectivity index (χ0) is 14.3. The smallest absolute Gasteiger partial charge is 0.181 e. The van der Waals surface area contributed by atoms with E-state index >= 15 is 0 Å². The molecule has 1 atom stereocenters. The Morgan fingerprint density at radius 1 is 1.20 bits per heavy atom. The van der Waals surface area contributed by atoms with E-state index in [0.717, 1.165) is 4.47 Å². The fourth-order valence-corrected chi connectivity index (χ4v) is 4.46. The lowest BCUT2D eigenvalue weighted by Crippen LogP contribution is -2.13. The van der Waals surface area contributed by atoms with E-state index < -0.39 is 21.7 Å². The van der Waals surface area contributed by atoms with E-state index in [0.29, 0.717) is 10.5 Å². The zero-order valence-corrected chi connectivity index (χ0v) is 12.7. The van der Waals surface area contributed by atoms with Gasteiger partial charge in [0.2, 0.25) is 0 Å². The first-order valence-electron chi connectivity index (χ1n) is 6.01. The van der Waals surface area contributed by atoms with Gasteiger partial charge < -0.3 is 5.32 Å². The quantitative estimate of drug-likeness (QED) is 0.896. The SMILES string of the molecule is O=S1(=O)CC(Nc2cc(Br)ccc2F)c2ccccc21. The van der Waals surface area contributed by atoms with Crippen molar-refractivity contribution >= 4 is 31.5 Å². The van der Waals surface area contributed by atoms with Crippen LogP contribution in [0.1, 0.15) is 11.6 Å². The topological polar surface area (TPSA) is 46.2 Å². The lowest BCUT2D eigenvalue weighted by atomic mass is 10.1. The van der Waals surface area contributed by atoms with Crippen LogP contribution in [0.25, 0.3) is 0 Å². The average Bonchev–Trinajstić information content (AvgIpc) is 2.66. The van der Waals surface area contributed by atoms with Gasteiger partial charge in [0, 0.05) is 4.47 Å². The maximum Gasteiger partial charge on any atom is 0.181 e. The van der Waals surface area contributed by atoms with Gasteiger partial charge in [0.1, 0.15) is 5.82 Å². The number of anilines is 1. The molecule has 3 rings (SSSR count). The van der Waals surface area contributed by atoms with Crippen LogP contribution >= 0.6 is 15.9 Å². The number of benzene rings is 2. The van der Waals surface area contributed by atoms with Crippen LogP contribution in [0.3, 0.4) is 0 Å². The molecule has 0 saturated carbocycles. The van der Waals surface area contributed by atoms with E-state index in [9.17, 15) is 12.8 Å². The van der Waals surface area contributed by atoms with Crippen molar-refractivity contribution in [1.29, 1.82) is 0 Å². The Morgan fingerprint density at radius 2 is 1.95 bits per heavy atom. The molecule has 2 aromatic rings. The van der Waals surface area contributed by atoms with Gasteiger partial charge in [-0.2, -0.15) is 0 Å². The highest BCUT2D eigenvalue weighted by molar-refractivity contribution is 9.10. The van der Waals surface area contributed by atoms with E-state index in [1.54, 1.807) is 36.4 Å². The third-order valence-electron chi connectivity index (χ3n) is 3.27. The minimum atomic E-state index is -3.29. The van der Waals surface area contributed by atoms with Crippen LogP contribution in [0, 0.1) is 5.82 Å². The summed E-state index contributed by atoms with van der Waals surface area (Å²) in [6.45, 7) is 0. The molecule has 1 aliphatic heterocycles. The predicted octanol–water partition coefficient (Wildman–Crippen LogP) is 3.53. The summed E-state index contributed by atoms with van der Waals surface area (Å²) in [6.07, 6.45) is 0. The van der Waals surface area contributed by atoms with Gasteiger partial charge in [0.15, 0.2) is 9.84 Å². The van der Waals surface area contributed by atoms with Crippen molar-refractivity contribution in [2.75, 3.05) is 11.1 Å². The van der Waals surface area contributed by atoms with Gasteiger partial charge in [-0.05, 0) is 29.8 Å². The normalized spacial score (nSPS) is 19.6. The van der Waals surface area contributed by atoms with E-state index in [-0.39, 0.29) is 11.4 Å². The minimum absolute atomic E-state index is 0.0572. The maximum absolute atomic E-state index is 13.8. The fraction of sp³-hybridized carbons (Fsp3) is 0.143. The molecule has 0 bridgehead atoms. The van der Waals surface area contributed by atoms with Gasteiger partial charge in [-0.25, -0.2) is 12.8 Å². The molecule has 0 amide bonds. The van der Waals surface area contributed by atoms with Crippen LogP contribution in [0.5, 0.6) is 0 Å². The third-order valence-corrected chi connectivity index (χ3v) is 5.58. The molecule has 0 spiro atoms. The highest BCUT2D eigenvalue weighted by atomic mass is 79.9. The molecule has 0 aliphatic carbocycles. The van der Waals surface area contributed by atoms with Gasteiger partial charge in [-0.3, -0.25) is 0 Å². The van der Waals surface area contributed by atoms with Crippen molar-refractivity contribution in [3.05, 3.63) is 58.3 Å². The van der Waals surface area contributed by atoms with Crippen molar-refractivity contribution in [2.45, 2.75) is 10.9 Å². The fourth-order valence-electron chi connectivity index (χ4n) is 2.37. The summed E-state index contributed by atoms with van der Waals surface area (Å²) >= 11 is 3.27. The molecule has 1 unspecified atom stereocenters. The molecule has 20 heavy (non-hydrogen) atoms. The highest BCUT2D eigenvalue weighted by Gasteiger charge is 2.34. The summed E-state index contributed by atoms with van der Waals surface area (Å²) in [5.41, 5.74) is 0.975. The zero-order valence-electron chi connectivity index (χ0n) is 10.3. The molecule has 104 valence electrons. The summed E-state index contributed by atoms with van der Waals surface area (Å²) in [7, 11) is -3.29. The second kappa shape index (κ2) is 4.86. The van der Waals surface area contributed by atoms with Crippen molar-refractivity contribution in [2.24, 2.45) is 0 Å².